The van der Waals surface area contributed by atoms with E-state index in [1.807, 2.05) is 57.2 Å². The highest BCUT2D eigenvalue weighted by atomic mass is 35.5. The number of hydrogen-bond donors (Lipinski definition) is 2. The van der Waals surface area contributed by atoms with Crippen LogP contribution in [0.3, 0.4) is 0 Å². The van der Waals surface area contributed by atoms with Crippen molar-refractivity contribution in [2.45, 2.75) is 47.1 Å². The number of rotatable bonds is 5. The predicted molar refractivity (Wildman–Crippen MR) is 123 cm³/mol. The molecule has 0 spiro atoms. The molecule has 0 aliphatic rings. The number of hydrogen-bond acceptors (Lipinski definition) is 5. The molecule has 6 nitrogen and oxygen atoms in total. The molecular formula is C24H27ClN4O2. The van der Waals surface area contributed by atoms with Gasteiger partial charge in [-0.2, -0.15) is 9.97 Å². The van der Waals surface area contributed by atoms with Gasteiger partial charge in [0.15, 0.2) is 11.6 Å². The fourth-order valence-corrected chi connectivity index (χ4v) is 3.15. The largest absolute Gasteiger partial charge is 0.479 e. The molecule has 2 aromatic carbocycles. The smallest absolute Gasteiger partial charge is 0.318 e. The lowest BCUT2D eigenvalue weighted by Crippen LogP contribution is -2.34. The average Bonchev–Trinajstić information content (AvgIpc) is 2.71. The van der Waals surface area contributed by atoms with Crippen LogP contribution in [0.1, 0.15) is 51.7 Å². The number of aromatic nitrogens is 3. The first kappa shape index (κ1) is 22.7. The zero-order valence-electron chi connectivity index (χ0n) is 18.4. The fraction of sp³-hybridized carbons (Fsp3) is 0.333. The van der Waals surface area contributed by atoms with Gasteiger partial charge in [-0.25, -0.2) is 4.98 Å². The summed E-state index contributed by atoms with van der Waals surface area (Å²) < 4.78 is 0. The molecule has 1 amide bonds. The molecule has 0 aliphatic heterocycles. The summed E-state index contributed by atoms with van der Waals surface area (Å²) in [6, 6.07) is 12.9. The van der Waals surface area contributed by atoms with E-state index in [1.165, 1.54) is 0 Å². The highest BCUT2D eigenvalue weighted by Crippen LogP contribution is 2.30. The predicted octanol–water partition coefficient (Wildman–Crippen LogP) is 5.35. The summed E-state index contributed by atoms with van der Waals surface area (Å²) >= 11 is 6.41. The van der Waals surface area contributed by atoms with Crippen molar-refractivity contribution in [1.29, 1.82) is 0 Å². The Bertz CT molecular complexity index is 1110. The molecule has 7 heteroatoms. The summed E-state index contributed by atoms with van der Waals surface area (Å²) in [5.41, 5.74) is 2.86. The van der Waals surface area contributed by atoms with Gasteiger partial charge in [-0.1, -0.05) is 70.5 Å². The van der Waals surface area contributed by atoms with Crippen LogP contribution in [0.4, 0.5) is 0 Å². The molecule has 0 saturated carbocycles. The van der Waals surface area contributed by atoms with Crippen molar-refractivity contribution in [3.63, 3.8) is 0 Å². The van der Waals surface area contributed by atoms with Crippen molar-refractivity contribution < 1.29 is 9.90 Å². The Morgan fingerprint density at radius 3 is 2.45 bits per heavy atom. The molecule has 0 radical (unpaired) electrons. The van der Waals surface area contributed by atoms with Crippen LogP contribution in [0.15, 0.2) is 42.5 Å². The Hall–Kier alpha value is -2.99. The van der Waals surface area contributed by atoms with Gasteiger partial charge in [0.05, 0.1) is 5.02 Å². The molecule has 2 N–H and O–H groups in total. The molecule has 3 rings (SSSR count). The molecule has 0 aliphatic carbocycles. The minimum atomic E-state index is -0.477. The van der Waals surface area contributed by atoms with Crippen LogP contribution < -0.4 is 5.32 Å². The van der Waals surface area contributed by atoms with Crippen LogP contribution in [0.2, 0.25) is 5.02 Å². The van der Waals surface area contributed by atoms with E-state index < -0.39 is 5.41 Å². The molecule has 1 heterocycles. The summed E-state index contributed by atoms with van der Waals surface area (Å²) in [7, 11) is 0. The maximum Gasteiger partial charge on any atom is 0.318 e. The monoisotopic (exact) mass is 438 g/mol. The van der Waals surface area contributed by atoms with Crippen LogP contribution in [-0.4, -0.2) is 26.0 Å². The maximum atomic E-state index is 12.2. The van der Waals surface area contributed by atoms with Gasteiger partial charge >= 0.3 is 6.01 Å². The third kappa shape index (κ3) is 5.58. The van der Waals surface area contributed by atoms with Gasteiger partial charge in [0.2, 0.25) is 5.91 Å². The second kappa shape index (κ2) is 9.02. The highest BCUT2D eigenvalue weighted by molar-refractivity contribution is 6.33. The number of nitrogens with zero attached hydrogens (tertiary/aromatic N) is 3. The van der Waals surface area contributed by atoms with E-state index >= 15 is 0 Å². The van der Waals surface area contributed by atoms with E-state index in [0.29, 0.717) is 28.9 Å². The minimum Gasteiger partial charge on any atom is -0.479 e. The number of carbonyl (C=O) groups is 1. The number of amides is 1. The zero-order valence-corrected chi connectivity index (χ0v) is 19.2. The van der Waals surface area contributed by atoms with Gasteiger partial charge in [0, 0.05) is 23.1 Å². The Morgan fingerprint density at radius 1 is 1.06 bits per heavy atom. The normalized spacial score (nSPS) is 11.6. The lowest BCUT2D eigenvalue weighted by Gasteiger charge is -2.18. The highest BCUT2D eigenvalue weighted by Gasteiger charge is 2.21. The van der Waals surface area contributed by atoms with Crippen molar-refractivity contribution in [1.82, 2.24) is 20.3 Å². The van der Waals surface area contributed by atoms with E-state index in [9.17, 15) is 9.90 Å². The minimum absolute atomic E-state index is 0.0471. The van der Waals surface area contributed by atoms with E-state index in [2.05, 4.69) is 34.1 Å². The fourth-order valence-electron chi connectivity index (χ4n) is 2.95. The Labute approximate surface area is 187 Å². The molecule has 0 bridgehead atoms. The van der Waals surface area contributed by atoms with Gasteiger partial charge in [-0.3, -0.25) is 4.79 Å². The van der Waals surface area contributed by atoms with Crippen molar-refractivity contribution in [3.05, 3.63) is 58.6 Å². The van der Waals surface area contributed by atoms with Crippen LogP contribution in [0, 0.1) is 5.41 Å². The van der Waals surface area contributed by atoms with E-state index in [4.69, 9.17) is 11.6 Å². The number of carbonyl (C=O) groups excluding carboxylic acids is 1. The number of aromatic hydroxyl groups is 1. The van der Waals surface area contributed by atoms with Gasteiger partial charge in [0.1, 0.15) is 0 Å². The standard InChI is InChI=1S/C24H27ClN4O2/c1-14(2)16-7-6-8-17(12-16)20-27-21(29-23(31)28-20)18-11-15(9-10-19(18)25)13-26-22(30)24(3,4)5/h6-12,14H,13H2,1-5H3,(H,26,30)(H,27,28,29,31). The van der Waals surface area contributed by atoms with E-state index in [1.54, 1.807) is 6.07 Å². The second-order valence-corrected chi connectivity index (χ2v) is 9.22. The van der Waals surface area contributed by atoms with Crippen LogP contribution in [-0.2, 0) is 11.3 Å². The molecule has 0 fully saturated rings. The lowest BCUT2D eigenvalue weighted by atomic mass is 9.95. The van der Waals surface area contributed by atoms with Crippen molar-refractivity contribution in [2.75, 3.05) is 0 Å². The molecule has 3 aromatic rings. The number of benzene rings is 2. The third-order valence-electron chi connectivity index (χ3n) is 4.84. The molecule has 0 saturated heterocycles. The Kier molecular flexibility index (Phi) is 6.60. The lowest BCUT2D eigenvalue weighted by molar-refractivity contribution is -0.128. The third-order valence-corrected chi connectivity index (χ3v) is 5.17. The molecule has 1 aromatic heterocycles. The molecular weight excluding hydrogens is 412 g/mol. The molecule has 0 atom stereocenters. The van der Waals surface area contributed by atoms with E-state index in [0.717, 1.165) is 16.7 Å². The van der Waals surface area contributed by atoms with Gasteiger partial charge in [-0.15, -0.1) is 0 Å². The van der Waals surface area contributed by atoms with Crippen molar-refractivity contribution in [2.24, 2.45) is 5.41 Å². The quantitative estimate of drug-likeness (QED) is 0.560. The summed E-state index contributed by atoms with van der Waals surface area (Å²) in [5.74, 6) is 0.942. The topological polar surface area (TPSA) is 88.0 Å². The van der Waals surface area contributed by atoms with Crippen molar-refractivity contribution in [3.8, 4) is 28.8 Å². The molecule has 31 heavy (non-hydrogen) atoms. The maximum absolute atomic E-state index is 12.2. The van der Waals surface area contributed by atoms with Crippen molar-refractivity contribution >= 4 is 17.5 Å². The number of nitrogens with one attached hydrogen (secondary N) is 1. The molecule has 162 valence electrons. The first-order valence-corrected chi connectivity index (χ1v) is 10.5. The zero-order chi connectivity index (χ0) is 22.8. The number of halogens is 1. The summed E-state index contributed by atoms with van der Waals surface area (Å²) in [4.78, 5) is 24.9. The average molecular weight is 439 g/mol. The van der Waals surface area contributed by atoms with E-state index in [-0.39, 0.29) is 17.7 Å². The van der Waals surface area contributed by atoms with Gasteiger partial charge in [0.25, 0.3) is 0 Å². The Morgan fingerprint density at radius 2 is 1.77 bits per heavy atom. The molecule has 0 unspecified atom stereocenters. The van der Waals surface area contributed by atoms with Crippen LogP contribution in [0.5, 0.6) is 6.01 Å². The SMILES string of the molecule is CC(C)c1cccc(-c2nc(O)nc(-c3cc(CNC(=O)C(C)(C)C)ccc3Cl)n2)c1. The Balaban J connectivity index is 1.96. The van der Waals surface area contributed by atoms with Gasteiger partial charge in [-0.05, 0) is 35.2 Å². The van der Waals surface area contributed by atoms with Crippen LogP contribution in [0.25, 0.3) is 22.8 Å². The first-order valence-electron chi connectivity index (χ1n) is 10.2. The van der Waals surface area contributed by atoms with Crippen LogP contribution >= 0.6 is 11.6 Å². The first-order chi connectivity index (χ1) is 14.5. The summed E-state index contributed by atoms with van der Waals surface area (Å²) in [5, 5.41) is 13.5. The second-order valence-electron chi connectivity index (χ2n) is 8.81. The van der Waals surface area contributed by atoms with Gasteiger partial charge < -0.3 is 10.4 Å². The summed E-state index contributed by atoms with van der Waals surface area (Å²) in [6.45, 7) is 10.1. The summed E-state index contributed by atoms with van der Waals surface area (Å²) in [6.07, 6.45) is 0.